The Morgan fingerprint density at radius 2 is 2.05 bits per heavy atom. The lowest BCUT2D eigenvalue weighted by Crippen LogP contribution is -2.50. The predicted octanol–water partition coefficient (Wildman–Crippen LogP) is 3.21. The molecule has 3 rings (SSSR count). The molecule has 0 saturated heterocycles. The van der Waals surface area contributed by atoms with Crippen molar-refractivity contribution in [3.63, 3.8) is 0 Å². The van der Waals surface area contributed by atoms with Gasteiger partial charge in [-0.2, -0.15) is 0 Å². The van der Waals surface area contributed by atoms with E-state index in [1.807, 2.05) is 20.8 Å². The van der Waals surface area contributed by atoms with Crippen molar-refractivity contribution >= 4 is 6.09 Å². The minimum Gasteiger partial charge on any atom is -0.444 e. The average molecular weight is 294 g/mol. The Kier molecular flexibility index (Phi) is 3.93. The lowest BCUT2D eigenvalue weighted by Gasteiger charge is -2.37. The van der Waals surface area contributed by atoms with Gasteiger partial charge in [0.25, 0.3) is 0 Å². The second-order valence-corrected chi connectivity index (χ2v) is 8.36. The van der Waals surface area contributed by atoms with E-state index >= 15 is 0 Å². The first-order chi connectivity index (χ1) is 9.86. The van der Waals surface area contributed by atoms with E-state index < -0.39 is 5.60 Å². The van der Waals surface area contributed by atoms with E-state index in [0.29, 0.717) is 11.6 Å². The van der Waals surface area contributed by atoms with Gasteiger partial charge in [-0.15, -0.1) is 0 Å². The van der Waals surface area contributed by atoms with Crippen LogP contribution in [0.5, 0.6) is 0 Å². The van der Waals surface area contributed by atoms with E-state index in [9.17, 15) is 4.79 Å². The Balaban J connectivity index is 1.31. The number of nitrogens with one attached hydrogen (secondary N) is 2. The van der Waals surface area contributed by atoms with Gasteiger partial charge in [-0.1, -0.05) is 12.8 Å². The summed E-state index contributed by atoms with van der Waals surface area (Å²) in [6, 6.07) is 0.311. The molecule has 0 radical (unpaired) electrons. The largest absolute Gasteiger partial charge is 0.444 e. The maximum atomic E-state index is 11.7. The fourth-order valence-corrected chi connectivity index (χ4v) is 4.04. The molecular weight excluding hydrogens is 264 g/mol. The molecule has 3 fully saturated rings. The van der Waals surface area contributed by atoms with Crippen LogP contribution in [0.2, 0.25) is 0 Å². The summed E-state index contributed by atoms with van der Waals surface area (Å²) in [7, 11) is 0. The molecule has 120 valence electrons. The Labute approximate surface area is 128 Å². The molecule has 21 heavy (non-hydrogen) atoms. The van der Waals surface area contributed by atoms with Crippen LogP contribution in [-0.4, -0.2) is 29.8 Å². The maximum Gasteiger partial charge on any atom is 0.407 e. The van der Waals surface area contributed by atoms with Crippen LogP contribution in [0.15, 0.2) is 0 Å². The number of carbonyl (C=O) groups excluding carboxylic acids is 1. The maximum absolute atomic E-state index is 11.7. The molecule has 3 aliphatic carbocycles. The molecule has 4 nitrogen and oxygen atoms in total. The molecule has 3 aliphatic rings. The lowest BCUT2D eigenvalue weighted by molar-refractivity contribution is 0.0450. The smallest absolute Gasteiger partial charge is 0.407 e. The summed E-state index contributed by atoms with van der Waals surface area (Å²) in [4.78, 5) is 11.7. The van der Waals surface area contributed by atoms with Gasteiger partial charge >= 0.3 is 6.09 Å². The molecule has 0 aliphatic heterocycles. The van der Waals surface area contributed by atoms with Crippen LogP contribution in [0.25, 0.3) is 0 Å². The summed E-state index contributed by atoms with van der Waals surface area (Å²) in [5, 5.41) is 6.81. The molecule has 0 aromatic carbocycles. The molecule has 0 heterocycles. The monoisotopic (exact) mass is 294 g/mol. The standard InChI is InChI=1S/C17H30N2O2/c1-16(2,3)21-15(20)19-14-8-12(9-14)11-18-17-7-5-4-6-13(17)10-17/h12-14,18H,4-11H2,1-3H3,(H,19,20). The summed E-state index contributed by atoms with van der Waals surface area (Å²) in [6.07, 6.45) is 8.95. The zero-order valence-corrected chi connectivity index (χ0v) is 13.7. The lowest BCUT2D eigenvalue weighted by atomic mass is 9.80. The Hall–Kier alpha value is -0.770. The van der Waals surface area contributed by atoms with Gasteiger partial charge in [-0.25, -0.2) is 4.79 Å². The van der Waals surface area contributed by atoms with Crippen LogP contribution >= 0.6 is 0 Å². The topological polar surface area (TPSA) is 50.4 Å². The van der Waals surface area contributed by atoms with Crippen molar-refractivity contribution in [3.05, 3.63) is 0 Å². The summed E-state index contributed by atoms with van der Waals surface area (Å²) in [5.74, 6) is 1.68. The van der Waals surface area contributed by atoms with Crippen molar-refractivity contribution in [1.82, 2.24) is 10.6 Å². The van der Waals surface area contributed by atoms with Crippen LogP contribution in [0.3, 0.4) is 0 Å². The van der Waals surface area contributed by atoms with Crippen LogP contribution in [0.4, 0.5) is 4.79 Å². The third-order valence-electron chi connectivity index (χ3n) is 5.36. The average Bonchev–Trinajstić information content (AvgIpc) is 3.04. The van der Waals surface area contributed by atoms with Gasteiger partial charge in [-0.3, -0.25) is 0 Å². The zero-order chi connectivity index (χ0) is 15.1. The second-order valence-electron chi connectivity index (χ2n) is 8.36. The van der Waals surface area contributed by atoms with Crippen LogP contribution in [-0.2, 0) is 4.74 Å². The molecule has 2 N–H and O–H groups in total. The highest BCUT2D eigenvalue weighted by Gasteiger charge is 2.54. The van der Waals surface area contributed by atoms with Crippen molar-refractivity contribution in [2.24, 2.45) is 11.8 Å². The Bertz CT molecular complexity index is 398. The number of amides is 1. The quantitative estimate of drug-likeness (QED) is 0.837. The first-order valence-corrected chi connectivity index (χ1v) is 8.61. The SMILES string of the molecule is CC(C)(C)OC(=O)NC1CC(CNC23CCCCC2C3)C1. The van der Waals surface area contributed by atoms with Crippen LogP contribution in [0.1, 0.15) is 65.7 Å². The van der Waals surface area contributed by atoms with Crippen molar-refractivity contribution in [2.45, 2.75) is 82.9 Å². The van der Waals surface area contributed by atoms with Gasteiger partial charge in [0.05, 0.1) is 0 Å². The second kappa shape index (κ2) is 5.45. The van der Waals surface area contributed by atoms with E-state index in [4.69, 9.17) is 4.74 Å². The summed E-state index contributed by atoms with van der Waals surface area (Å²) in [6.45, 7) is 6.82. The molecule has 0 aromatic rings. The molecular formula is C17H30N2O2. The van der Waals surface area contributed by atoms with Gasteiger partial charge in [-0.05, 0) is 71.3 Å². The predicted molar refractivity (Wildman–Crippen MR) is 83.2 cm³/mol. The molecule has 3 saturated carbocycles. The third kappa shape index (κ3) is 3.71. The molecule has 0 bridgehead atoms. The molecule has 0 spiro atoms. The first-order valence-electron chi connectivity index (χ1n) is 8.61. The number of ether oxygens (including phenoxy) is 1. The minimum atomic E-state index is -0.407. The van der Waals surface area contributed by atoms with E-state index in [2.05, 4.69) is 10.6 Å². The van der Waals surface area contributed by atoms with Crippen molar-refractivity contribution in [2.75, 3.05) is 6.54 Å². The fourth-order valence-electron chi connectivity index (χ4n) is 4.04. The van der Waals surface area contributed by atoms with E-state index in [1.54, 1.807) is 0 Å². The number of carbonyl (C=O) groups is 1. The third-order valence-corrected chi connectivity index (χ3v) is 5.36. The first kappa shape index (κ1) is 15.1. The molecule has 0 aromatic heterocycles. The van der Waals surface area contributed by atoms with Crippen molar-refractivity contribution in [1.29, 1.82) is 0 Å². The number of alkyl carbamates (subject to hydrolysis) is 1. The van der Waals surface area contributed by atoms with E-state index in [0.717, 1.165) is 31.2 Å². The highest BCUT2D eigenvalue weighted by Crippen LogP contribution is 2.53. The van der Waals surface area contributed by atoms with Gasteiger partial charge in [0, 0.05) is 11.6 Å². The molecule has 2 atom stereocenters. The summed E-state index contributed by atoms with van der Waals surface area (Å²) in [5.41, 5.74) is 0.109. The van der Waals surface area contributed by atoms with Gasteiger partial charge in [0.2, 0.25) is 0 Å². The highest BCUT2D eigenvalue weighted by atomic mass is 16.6. The Morgan fingerprint density at radius 1 is 1.29 bits per heavy atom. The Morgan fingerprint density at radius 3 is 2.71 bits per heavy atom. The molecule has 4 heteroatoms. The fraction of sp³-hybridized carbons (Fsp3) is 0.941. The van der Waals surface area contributed by atoms with Crippen LogP contribution < -0.4 is 10.6 Å². The minimum absolute atomic E-state index is 0.271. The normalized spacial score (nSPS) is 38.1. The number of rotatable bonds is 4. The summed E-state index contributed by atoms with van der Waals surface area (Å²) >= 11 is 0. The van der Waals surface area contributed by atoms with Gasteiger partial charge in [0.1, 0.15) is 5.60 Å². The highest BCUT2D eigenvalue weighted by molar-refractivity contribution is 5.68. The molecule has 2 unspecified atom stereocenters. The number of hydrogen-bond acceptors (Lipinski definition) is 3. The van der Waals surface area contributed by atoms with E-state index in [-0.39, 0.29) is 6.09 Å². The zero-order valence-electron chi connectivity index (χ0n) is 13.7. The molecule has 1 amide bonds. The van der Waals surface area contributed by atoms with Gasteiger partial charge < -0.3 is 15.4 Å². The number of fused-ring (bicyclic) bond motifs is 1. The van der Waals surface area contributed by atoms with E-state index in [1.165, 1.54) is 32.1 Å². The van der Waals surface area contributed by atoms with Gasteiger partial charge in [0.15, 0.2) is 0 Å². The van der Waals surface area contributed by atoms with Crippen molar-refractivity contribution in [3.8, 4) is 0 Å². The summed E-state index contributed by atoms with van der Waals surface area (Å²) < 4.78 is 5.29. The van der Waals surface area contributed by atoms with Crippen molar-refractivity contribution < 1.29 is 9.53 Å². The van der Waals surface area contributed by atoms with Crippen LogP contribution in [0, 0.1) is 11.8 Å². The number of hydrogen-bond donors (Lipinski definition) is 2.